The summed E-state index contributed by atoms with van der Waals surface area (Å²) in [6, 6.07) is 13.6. The summed E-state index contributed by atoms with van der Waals surface area (Å²) in [6.45, 7) is 7.66. The van der Waals surface area contributed by atoms with Gasteiger partial charge in [0.15, 0.2) is 0 Å². The van der Waals surface area contributed by atoms with E-state index in [0.29, 0.717) is 45.3 Å². The number of carbonyl (C=O) groups is 2. The first kappa shape index (κ1) is 29.4. The van der Waals surface area contributed by atoms with Crippen molar-refractivity contribution >= 4 is 41.1 Å². The summed E-state index contributed by atoms with van der Waals surface area (Å²) in [5, 5.41) is 16.6. The molecule has 2 amide bonds. The molecule has 226 valence electrons. The SMILES string of the molecule is CCCOC(=O)N1CCN(c2ccc(Nc3nc(N)n(-c4ccnc(N5CCCN(C(=O)CC#N)CC5)c4)n3)cc2)CC1. The Morgan fingerprint density at radius 2 is 1.72 bits per heavy atom. The van der Waals surface area contributed by atoms with Gasteiger partial charge in [-0.05, 0) is 43.2 Å². The number of nitrogens with one attached hydrogen (secondary N) is 1. The van der Waals surface area contributed by atoms with Crippen LogP contribution in [0.1, 0.15) is 26.2 Å². The van der Waals surface area contributed by atoms with Gasteiger partial charge in [-0.2, -0.15) is 14.9 Å². The number of nitriles is 1. The molecule has 1 aromatic carbocycles. The molecular formula is C29H37N11O3. The maximum absolute atomic E-state index is 12.2. The average molecular weight is 588 g/mol. The molecule has 0 bridgehead atoms. The highest BCUT2D eigenvalue weighted by atomic mass is 16.6. The Balaban J connectivity index is 1.19. The Morgan fingerprint density at radius 3 is 2.47 bits per heavy atom. The summed E-state index contributed by atoms with van der Waals surface area (Å²) in [4.78, 5) is 41.1. The van der Waals surface area contributed by atoms with Crippen LogP contribution in [0, 0.1) is 11.3 Å². The Labute approximate surface area is 250 Å². The zero-order chi connectivity index (χ0) is 30.2. The van der Waals surface area contributed by atoms with E-state index in [1.165, 1.54) is 0 Å². The number of pyridine rings is 1. The number of nitrogens with two attached hydrogens (primary N) is 1. The second kappa shape index (κ2) is 13.7. The lowest BCUT2D eigenvalue weighted by Gasteiger charge is -2.35. The summed E-state index contributed by atoms with van der Waals surface area (Å²) in [6.07, 6.45) is 2.96. The number of aromatic nitrogens is 4. The van der Waals surface area contributed by atoms with Crippen LogP contribution in [-0.4, -0.2) is 101 Å². The Morgan fingerprint density at radius 1 is 0.977 bits per heavy atom. The van der Waals surface area contributed by atoms with Gasteiger partial charge < -0.3 is 35.4 Å². The molecule has 0 saturated carbocycles. The molecule has 2 aromatic heterocycles. The third-order valence-corrected chi connectivity index (χ3v) is 7.46. The molecule has 2 fully saturated rings. The molecule has 0 atom stereocenters. The minimum absolute atomic E-state index is 0.101. The summed E-state index contributed by atoms with van der Waals surface area (Å²) in [7, 11) is 0. The van der Waals surface area contributed by atoms with Crippen LogP contribution in [0.4, 0.5) is 33.9 Å². The molecule has 0 radical (unpaired) electrons. The number of amides is 2. The number of ether oxygens (including phenoxy) is 1. The summed E-state index contributed by atoms with van der Waals surface area (Å²) in [5.41, 5.74) is 8.85. The molecule has 0 aliphatic carbocycles. The Hall–Kier alpha value is -5.06. The topological polar surface area (TPSA) is 162 Å². The third-order valence-electron chi connectivity index (χ3n) is 7.46. The zero-order valence-corrected chi connectivity index (χ0v) is 24.4. The van der Waals surface area contributed by atoms with Crippen molar-refractivity contribution in [3.05, 3.63) is 42.6 Å². The van der Waals surface area contributed by atoms with Crippen LogP contribution in [0.25, 0.3) is 5.69 Å². The first-order valence-electron chi connectivity index (χ1n) is 14.6. The number of nitrogens with zero attached hydrogens (tertiary/aromatic N) is 9. The molecular weight excluding hydrogens is 550 g/mol. The number of carbonyl (C=O) groups excluding carboxylic acids is 2. The largest absolute Gasteiger partial charge is 0.449 e. The van der Waals surface area contributed by atoms with Gasteiger partial charge in [0.05, 0.1) is 18.4 Å². The van der Waals surface area contributed by atoms with Gasteiger partial charge in [0.25, 0.3) is 0 Å². The fourth-order valence-electron chi connectivity index (χ4n) is 5.17. The van der Waals surface area contributed by atoms with Crippen LogP contribution < -0.4 is 20.9 Å². The van der Waals surface area contributed by atoms with E-state index in [1.807, 2.05) is 49.4 Å². The van der Waals surface area contributed by atoms with Gasteiger partial charge >= 0.3 is 6.09 Å². The fraction of sp³-hybridized carbons (Fsp3) is 0.448. The monoisotopic (exact) mass is 587 g/mol. The molecule has 0 unspecified atom stereocenters. The number of hydrogen-bond acceptors (Lipinski definition) is 11. The number of nitrogen functional groups attached to an aromatic ring is 1. The van der Waals surface area contributed by atoms with Gasteiger partial charge in [0.1, 0.15) is 12.2 Å². The van der Waals surface area contributed by atoms with Crippen LogP contribution in [0.2, 0.25) is 0 Å². The summed E-state index contributed by atoms with van der Waals surface area (Å²) in [5.74, 6) is 1.21. The van der Waals surface area contributed by atoms with Crippen LogP contribution in [0.5, 0.6) is 0 Å². The zero-order valence-electron chi connectivity index (χ0n) is 24.4. The maximum atomic E-state index is 12.2. The van der Waals surface area contributed by atoms with Crippen LogP contribution in [0.15, 0.2) is 42.6 Å². The maximum Gasteiger partial charge on any atom is 0.409 e. The lowest BCUT2D eigenvalue weighted by atomic mass is 10.2. The summed E-state index contributed by atoms with van der Waals surface area (Å²) >= 11 is 0. The van der Waals surface area contributed by atoms with E-state index in [4.69, 9.17) is 15.7 Å². The predicted molar refractivity (Wildman–Crippen MR) is 162 cm³/mol. The second-order valence-corrected chi connectivity index (χ2v) is 10.4. The minimum atomic E-state index is -0.241. The Bertz CT molecular complexity index is 1440. The number of anilines is 5. The molecule has 2 saturated heterocycles. The quantitative estimate of drug-likeness (QED) is 0.398. The molecule has 4 heterocycles. The van der Waals surface area contributed by atoms with E-state index < -0.39 is 0 Å². The first-order chi connectivity index (χ1) is 20.9. The Kier molecular flexibility index (Phi) is 9.40. The van der Waals surface area contributed by atoms with Crippen molar-refractivity contribution in [3.8, 4) is 11.8 Å². The van der Waals surface area contributed by atoms with Gasteiger partial charge in [-0.15, -0.1) is 5.10 Å². The first-order valence-corrected chi connectivity index (χ1v) is 14.6. The highest BCUT2D eigenvalue weighted by Gasteiger charge is 2.23. The van der Waals surface area contributed by atoms with Crippen molar-refractivity contribution in [2.45, 2.75) is 26.2 Å². The molecule has 5 rings (SSSR count). The van der Waals surface area contributed by atoms with Crippen LogP contribution in [-0.2, 0) is 9.53 Å². The van der Waals surface area contributed by atoms with Gasteiger partial charge in [-0.1, -0.05) is 6.92 Å². The highest BCUT2D eigenvalue weighted by molar-refractivity contribution is 5.78. The van der Waals surface area contributed by atoms with Crippen molar-refractivity contribution < 1.29 is 14.3 Å². The van der Waals surface area contributed by atoms with E-state index >= 15 is 0 Å². The lowest BCUT2D eigenvalue weighted by molar-refractivity contribution is -0.129. The standard InChI is InChI=1S/C29H37N11O3/c1-2-20-43-29(42)39-18-14-36(15-19-39)23-6-4-22(5-7-23)33-28-34-27(31)40(35-28)24-9-11-32-25(21-24)37-12-3-13-38(17-16-37)26(41)8-10-30/h4-7,9,11,21H,2-3,8,12-20H2,1H3,(H3,31,33,34,35). The number of piperazine rings is 1. The summed E-state index contributed by atoms with van der Waals surface area (Å²) < 4.78 is 6.81. The lowest BCUT2D eigenvalue weighted by Crippen LogP contribution is -2.49. The predicted octanol–water partition coefficient (Wildman–Crippen LogP) is 2.61. The van der Waals surface area contributed by atoms with Gasteiger partial charge in [0.2, 0.25) is 17.8 Å². The average Bonchev–Trinajstić information content (AvgIpc) is 3.22. The number of benzene rings is 1. The molecule has 2 aliphatic rings. The normalized spacial score (nSPS) is 15.5. The molecule has 14 nitrogen and oxygen atoms in total. The smallest absolute Gasteiger partial charge is 0.409 e. The van der Waals surface area contributed by atoms with E-state index in [1.54, 1.807) is 20.7 Å². The van der Waals surface area contributed by atoms with Crippen LogP contribution >= 0.6 is 0 Å². The molecule has 3 aromatic rings. The highest BCUT2D eigenvalue weighted by Crippen LogP contribution is 2.24. The van der Waals surface area contributed by atoms with Crippen molar-refractivity contribution in [2.24, 2.45) is 0 Å². The number of rotatable bonds is 8. The van der Waals surface area contributed by atoms with Crippen molar-refractivity contribution in [2.75, 3.05) is 79.8 Å². The fourth-order valence-corrected chi connectivity index (χ4v) is 5.17. The van der Waals surface area contributed by atoms with Crippen LogP contribution in [0.3, 0.4) is 0 Å². The van der Waals surface area contributed by atoms with Gasteiger partial charge in [0, 0.05) is 76.0 Å². The molecule has 3 N–H and O–H groups in total. The third kappa shape index (κ3) is 7.24. The van der Waals surface area contributed by atoms with E-state index in [9.17, 15) is 9.59 Å². The van der Waals surface area contributed by atoms with Crippen molar-refractivity contribution in [3.63, 3.8) is 0 Å². The molecule has 14 heteroatoms. The molecule has 43 heavy (non-hydrogen) atoms. The van der Waals surface area contributed by atoms with Gasteiger partial charge in [-0.3, -0.25) is 4.79 Å². The van der Waals surface area contributed by atoms with E-state index in [0.717, 1.165) is 55.4 Å². The van der Waals surface area contributed by atoms with E-state index in [-0.39, 0.29) is 24.4 Å². The second-order valence-electron chi connectivity index (χ2n) is 10.4. The van der Waals surface area contributed by atoms with Crippen molar-refractivity contribution in [1.29, 1.82) is 5.26 Å². The van der Waals surface area contributed by atoms with Gasteiger partial charge in [-0.25, -0.2) is 9.78 Å². The minimum Gasteiger partial charge on any atom is -0.449 e. The number of hydrogen-bond donors (Lipinski definition) is 2. The van der Waals surface area contributed by atoms with Crippen molar-refractivity contribution in [1.82, 2.24) is 29.5 Å². The van der Waals surface area contributed by atoms with E-state index in [2.05, 4.69) is 30.2 Å². The molecule has 2 aliphatic heterocycles. The molecule has 0 spiro atoms.